The molecule has 8 heteroatoms. The van der Waals surface area contributed by atoms with E-state index >= 15 is 0 Å². The number of rotatable bonds is 6. The van der Waals surface area contributed by atoms with Crippen LogP contribution in [0.3, 0.4) is 0 Å². The Hall–Kier alpha value is -1.99. The summed E-state index contributed by atoms with van der Waals surface area (Å²) in [5.74, 6) is -0.352. The van der Waals surface area contributed by atoms with Gasteiger partial charge in [0.2, 0.25) is 5.91 Å². The second-order valence-corrected chi connectivity index (χ2v) is 8.93. The van der Waals surface area contributed by atoms with E-state index < -0.39 is 6.04 Å². The summed E-state index contributed by atoms with van der Waals surface area (Å²) in [4.78, 5) is 28.7. The number of nitrogens with zero attached hydrogens (tertiary/aromatic N) is 3. The molecule has 0 saturated heterocycles. The van der Waals surface area contributed by atoms with E-state index in [1.165, 1.54) is 0 Å². The van der Waals surface area contributed by atoms with Crippen molar-refractivity contribution in [3.8, 4) is 0 Å². The predicted molar refractivity (Wildman–Crippen MR) is 113 cm³/mol. The second-order valence-electron chi connectivity index (χ2n) is 7.88. The highest BCUT2D eigenvalue weighted by Gasteiger charge is 2.39. The lowest BCUT2D eigenvalue weighted by atomic mass is 10.00. The number of nitrogens with one attached hydrogen (secondary N) is 1. The fourth-order valence-corrected chi connectivity index (χ4v) is 5.06. The summed E-state index contributed by atoms with van der Waals surface area (Å²) in [6.07, 6.45) is 8.15. The van der Waals surface area contributed by atoms with Gasteiger partial charge < -0.3 is 10.2 Å². The molecule has 154 valence electrons. The first kappa shape index (κ1) is 20.3. The summed E-state index contributed by atoms with van der Waals surface area (Å²) >= 11 is 7.23. The van der Waals surface area contributed by atoms with Gasteiger partial charge in [-0.25, -0.2) is 0 Å². The number of benzene rings is 1. The van der Waals surface area contributed by atoms with Gasteiger partial charge in [0.25, 0.3) is 5.91 Å². The minimum absolute atomic E-state index is 0.0132. The maximum atomic E-state index is 13.5. The molecule has 2 fully saturated rings. The molecular formula is C21H25ClN4O2S. The Morgan fingerprint density at radius 2 is 1.72 bits per heavy atom. The van der Waals surface area contributed by atoms with E-state index in [0.29, 0.717) is 10.7 Å². The normalized spacial score (nSPS) is 18.7. The second kappa shape index (κ2) is 9.22. The molecule has 6 nitrogen and oxygen atoms in total. The summed E-state index contributed by atoms with van der Waals surface area (Å²) in [6, 6.07) is 6.72. The van der Waals surface area contributed by atoms with Gasteiger partial charge in [-0.2, -0.15) is 0 Å². The van der Waals surface area contributed by atoms with Gasteiger partial charge in [-0.05, 0) is 54.9 Å². The van der Waals surface area contributed by atoms with Crippen molar-refractivity contribution < 1.29 is 9.59 Å². The minimum Gasteiger partial charge on any atom is -0.351 e. The summed E-state index contributed by atoms with van der Waals surface area (Å²) in [5.41, 5.74) is 1.07. The first-order valence-corrected chi connectivity index (χ1v) is 11.5. The Morgan fingerprint density at radius 3 is 2.34 bits per heavy atom. The molecule has 0 aliphatic heterocycles. The first-order chi connectivity index (χ1) is 14.1. The molecule has 1 N–H and O–H groups in total. The van der Waals surface area contributed by atoms with Crippen LogP contribution < -0.4 is 5.32 Å². The van der Waals surface area contributed by atoms with Gasteiger partial charge in [0.15, 0.2) is 5.69 Å². The van der Waals surface area contributed by atoms with E-state index in [1.807, 2.05) is 12.1 Å². The van der Waals surface area contributed by atoms with Gasteiger partial charge in [0, 0.05) is 22.5 Å². The van der Waals surface area contributed by atoms with Crippen LogP contribution in [-0.4, -0.2) is 38.4 Å². The van der Waals surface area contributed by atoms with Gasteiger partial charge in [0.1, 0.15) is 6.04 Å². The third kappa shape index (κ3) is 4.61. The lowest BCUT2D eigenvalue weighted by molar-refractivity contribution is -0.127. The molecule has 1 atom stereocenters. The Bertz CT molecular complexity index is 831. The fourth-order valence-electron chi connectivity index (χ4n) is 4.50. The molecule has 0 bridgehead atoms. The van der Waals surface area contributed by atoms with Crippen LogP contribution in [-0.2, 0) is 4.79 Å². The van der Waals surface area contributed by atoms with Gasteiger partial charge in [-0.1, -0.05) is 53.9 Å². The molecule has 2 aliphatic rings. The van der Waals surface area contributed by atoms with E-state index in [2.05, 4.69) is 14.9 Å². The van der Waals surface area contributed by atoms with E-state index in [-0.39, 0.29) is 23.9 Å². The molecular weight excluding hydrogens is 408 g/mol. The number of amides is 2. The summed E-state index contributed by atoms with van der Waals surface area (Å²) in [7, 11) is 0. The van der Waals surface area contributed by atoms with Crippen molar-refractivity contribution in [1.29, 1.82) is 0 Å². The number of halogens is 1. The standard InChI is InChI=1S/C21H25ClN4O2S/c22-15-11-9-14(10-12-15)19(20(27)23-16-5-1-2-6-16)26(17-7-3-4-8-17)21(28)18-13-29-25-24-18/h9-13,16-17,19H,1-8H2,(H,23,27)/t19-/m0/s1. The van der Waals surface area contributed by atoms with Crippen LogP contribution >= 0.6 is 23.1 Å². The highest BCUT2D eigenvalue weighted by atomic mass is 35.5. The Kier molecular flexibility index (Phi) is 6.45. The maximum Gasteiger partial charge on any atom is 0.276 e. The molecule has 2 saturated carbocycles. The largest absolute Gasteiger partial charge is 0.351 e. The number of carbonyl (C=O) groups excluding carboxylic acids is 2. The summed E-state index contributed by atoms with van der Waals surface area (Å²) in [6.45, 7) is 0. The van der Waals surface area contributed by atoms with E-state index in [9.17, 15) is 9.59 Å². The zero-order valence-corrected chi connectivity index (χ0v) is 17.8. The molecule has 0 spiro atoms. The Balaban J connectivity index is 1.71. The zero-order chi connectivity index (χ0) is 20.2. The highest BCUT2D eigenvalue weighted by molar-refractivity contribution is 7.03. The smallest absolute Gasteiger partial charge is 0.276 e. The molecule has 0 unspecified atom stereocenters. The van der Waals surface area contributed by atoms with Crippen LogP contribution in [0, 0.1) is 0 Å². The van der Waals surface area contributed by atoms with Crippen molar-refractivity contribution in [1.82, 2.24) is 19.8 Å². The third-order valence-electron chi connectivity index (χ3n) is 5.95. The van der Waals surface area contributed by atoms with Crippen LogP contribution in [0.25, 0.3) is 0 Å². The molecule has 29 heavy (non-hydrogen) atoms. The van der Waals surface area contributed by atoms with Crippen LogP contribution in [0.1, 0.15) is 73.5 Å². The third-order valence-corrected chi connectivity index (χ3v) is 6.70. The van der Waals surface area contributed by atoms with Crippen molar-refractivity contribution in [2.24, 2.45) is 0 Å². The molecule has 4 rings (SSSR count). The van der Waals surface area contributed by atoms with Crippen LogP contribution in [0.4, 0.5) is 0 Å². The molecule has 1 heterocycles. The molecule has 1 aromatic heterocycles. The molecule has 2 aliphatic carbocycles. The van der Waals surface area contributed by atoms with Crippen molar-refractivity contribution >= 4 is 34.9 Å². The lowest BCUT2D eigenvalue weighted by Gasteiger charge is -2.36. The van der Waals surface area contributed by atoms with Gasteiger partial charge in [0.05, 0.1) is 0 Å². The van der Waals surface area contributed by atoms with Gasteiger partial charge >= 0.3 is 0 Å². The van der Waals surface area contributed by atoms with E-state index in [1.54, 1.807) is 22.4 Å². The van der Waals surface area contributed by atoms with Crippen LogP contribution in [0.2, 0.25) is 5.02 Å². The predicted octanol–water partition coefficient (Wildman–Crippen LogP) is 4.38. The first-order valence-electron chi connectivity index (χ1n) is 10.3. The molecule has 0 radical (unpaired) electrons. The SMILES string of the molecule is O=C(NC1CCCC1)[C@H](c1ccc(Cl)cc1)N(C(=O)c1csnn1)C1CCCC1. The fraction of sp³-hybridized carbons (Fsp3) is 0.524. The van der Waals surface area contributed by atoms with Crippen LogP contribution in [0.5, 0.6) is 0 Å². The zero-order valence-electron chi connectivity index (χ0n) is 16.2. The number of aromatic nitrogens is 2. The van der Waals surface area contributed by atoms with Gasteiger partial charge in [-0.15, -0.1) is 5.10 Å². The molecule has 1 aromatic carbocycles. The average molecular weight is 433 g/mol. The van der Waals surface area contributed by atoms with Crippen molar-refractivity contribution in [3.63, 3.8) is 0 Å². The van der Waals surface area contributed by atoms with Crippen molar-refractivity contribution in [2.75, 3.05) is 0 Å². The highest BCUT2D eigenvalue weighted by Crippen LogP contribution is 2.34. The number of carbonyl (C=O) groups is 2. The number of hydrogen-bond acceptors (Lipinski definition) is 5. The van der Waals surface area contributed by atoms with E-state index in [0.717, 1.165) is 68.5 Å². The topological polar surface area (TPSA) is 75.2 Å². The van der Waals surface area contributed by atoms with Gasteiger partial charge in [-0.3, -0.25) is 9.59 Å². The minimum atomic E-state index is -0.704. The lowest BCUT2D eigenvalue weighted by Crippen LogP contribution is -2.49. The molecule has 2 amide bonds. The Morgan fingerprint density at radius 1 is 1.07 bits per heavy atom. The quantitative estimate of drug-likeness (QED) is 0.735. The van der Waals surface area contributed by atoms with Crippen molar-refractivity contribution in [3.05, 3.63) is 45.9 Å². The van der Waals surface area contributed by atoms with E-state index in [4.69, 9.17) is 11.6 Å². The maximum absolute atomic E-state index is 13.5. The number of hydrogen-bond donors (Lipinski definition) is 1. The van der Waals surface area contributed by atoms with Crippen molar-refractivity contribution in [2.45, 2.75) is 69.5 Å². The Labute approximate surface area is 179 Å². The molecule has 2 aromatic rings. The van der Waals surface area contributed by atoms with Crippen LogP contribution in [0.15, 0.2) is 29.6 Å². The monoisotopic (exact) mass is 432 g/mol. The average Bonchev–Trinajstić information content (AvgIpc) is 3.49. The summed E-state index contributed by atoms with van der Waals surface area (Å²) in [5, 5.41) is 9.44. The summed E-state index contributed by atoms with van der Waals surface area (Å²) < 4.78 is 3.85.